The number of nitrogens with one attached hydrogen (secondary N) is 1. The van der Waals surface area contributed by atoms with Crippen molar-refractivity contribution >= 4 is 0 Å². The molecule has 0 radical (unpaired) electrons. The Labute approximate surface area is 137 Å². The molecule has 3 aromatic rings. The summed E-state index contributed by atoms with van der Waals surface area (Å²) in [5, 5.41) is 6.42. The summed E-state index contributed by atoms with van der Waals surface area (Å²) in [6.45, 7) is 0. The van der Waals surface area contributed by atoms with E-state index in [9.17, 15) is 9.18 Å². The molecule has 0 aliphatic heterocycles. The summed E-state index contributed by atoms with van der Waals surface area (Å²) in [7, 11) is 3.04. The van der Waals surface area contributed by atoms with Crippen LogP contribution in [0.15, 0.2) is 47.3 Å². The van der Waals surface area contributed by atoms with Gasteiger partial charge in [0.15, 0.2) is 0 Å². The Hall–Kier alpha value is -3.09. The monoisotopic (exact) mass is 329 g/mol. The summed E-state index contributed by atoms with van der Waals surface area (Å²) in [6, 6.07) is 11.5. The summed E-state index contributed by atoms with van der Waals surface area (Å²) in [4.78, 5) is 12.2. The lowest BCUT2D eigenvalue weighted by molar-refractivity contribution is 0.393. The molecule has 0 amide bonds. The Bertz CT molecular complexity index is 917. The van der Waals surface area contributed by atoms with Crippen molar-refractivity contribution < 1.29 is 13.9 Å². The van der Waals surface area contributed by atoms with Crippen LogP contribution in [-0.4, -0.2) is 29.0 Å². The molecule has 1 aromatic heterocycles. The number of rotatable bonds is 5. The summed E-state index contributed by atoms with van der Waals surface area (Å²) in [6.07, 6.45) is 0.167. The molecule has 2 aromatic carbocycles. The van der Waals surface area contributed by atoms with Crippen LogP contribution >= 0.6 is 0 Å². The zero-order valence-electron chi connectivity index (χ0n) is 13.2. The highest BCUT2D eigenvalue weighted by atomic mass is 19.1. The minimum atomic E-state index is -0.426. The van der Waals surface area contributed by atoms with Crippen LogP contribution in [0.2, 0.25) is 0 Å². The highest BCUT2D eigenvalue weighted by Crippen LogP contribution is 2.28. The van der Waals surface area contributed by atoms with Crippen molar-refractivity contribution in [1.82, 2.24) is 14.8 Å². The largest absolute Gasteiger partial charge is 0.497 e. The molecule has 124 valence electrons. The molecule has 24 heavy (non-hydrogen) atoms. The highest BCUT2D eigenvalue weighted by Gasteiger charge is 2.16. The van der Waals surface area contributed by atoms with Crippen molar-refractivity contribution in [1.29, 1.82) is 0 Å². The van der Waals surface area contributed by atoms with Crippen LogP contribution in [-0.2, 0) is 6.42 Å². The van der Waals surface area contributed by atoms with Crippen LogP contribution in [0.25, 0.3) is 5.69 Å². The second-order valence-corrected chi connectivity index (χ2v) is 5.09. The molecule has 0 fully saturated rings. The lowest BCUT2D eigenvalue weighted by Crippen LogP contribution is -2.18. The molecule has 0 aliphatic carbocycles. The predicted octanol–water partition coefficient (Wildman–Crippen LogP) is 2.31. The van der Waals surface area contributed by atoms with Gasteiger partial charge in [0.1, 0.15) is 23.1 Å². The van der Waals surface area contributed by atoms with Crippen molar-refractivity contribution in [3.05, 3.63) is 70.2 Å². The molecule has 0 saturated carbocycles. The van der Waals surface area contributed by atoms with E-state index < -0.39 is 5.69 Å². The van der Waals surface area contributed by atoms with Crippen molar-refractivity contribution in [3.8, 4) is 17.2 Å². The Kier molecular flexibility index (Phi) is 4.33. The molecule has 0 aliphatic rings. The first kappa shape index (κ1) is 15.8. The first-order chi connectivity index (χ1) is 11.6. The summed E-state index contributed by atoms with van der Waals surface area (Å²) >= 11 is 0. The minimum absolute atomic E-state index is 0.167. The molecular weight excluding hydrogens is 313 g/mol. The van der Waals surface area contributed by atoms with Gasteiger partial charge in [0.25, 0.3) is 0 Å². The van der Waals surface area contributed by atoms with Crippen LogP contribution in [0.3, 0.4) is 0 Å². The molecule has 0 saturated heterocycles. The minimum Gasteiger partial charge on any atom is -0.497 e. The van der Waals surface area contributed by atoms with E-state index in [4.69, 9.17) is 9.47 Å². The highest BCUT2D eigenvalue weighted by molar-refractivity contribution is 5.51. The number of H-pyrrole nitrogens is 1. The fourth-order valence-electron chi connectivity index (χ4n) is 2.48. The normalized spacial score (nSPS) is 10.6. The molecule has 0 spiro atoms. The molecule has 3 rings (SSSR count). The van der Waals surface area contributed by atoms with Crippen LogP contribution in [0.1, 0.15) is 11.4 Å². The number of nitrogens with zero attached hydrogens (tertiary/aromatic N) is 2. The van der Waals surface area contributed by atoms with Gasteiger partial charge in [0.2, 0.25) is 0 Å². The van der Waals surface area contributed by atoms with Gasteiger partial charge in [-0.25, -0.2) is 18.9 Å². The molecule has 7 heteroatoms. The number of hydrogen-bond acceptors (Lipinski definition) is 4. The van der Waals surface area contributed by atoms with E-state index in [0.717, 1.165) is 0 Å². The average molecular weight is 329 g/mol. The van der Waals surface area contributed by atoms with Gasteiger partial charge in [-0.2, -0.15) is 5.10 Å². The number of aromatic nitrogens is 3. The van der Waals surface area contributed by atoms with E-state index >= 15 is 0 Å². The van der Waals surface area contributed by atoms with Crippen LogP contribution < -0.4 is 15.2 Å². The van der Waals surface area contributed by atoms with Crippen molar-refractivity contribution in [2.75, 3.05) is 14.2 Å². The zero-order chi connectivity index (χ0) is 17.1. The topological polar surface area (TPSA) is 69.1 Å². The standard InChI is InChI=1S/C17H16FN3O3/c1-23-12-7-8-14(15(10-12)24-2)21-16(19-20-17(21)22)9-11-5-3-4-6-13(11)18/h3-8,10H,9H2,1-2H3,(H,20,22). The van der Waals surface area contributed by atoms with E-state index in [2.05, 4.69) is 10.2 Å². The molecule has 0 unspecified atom stereocenters. The maximum absolute atomic E-state index is 13.9. The maximum Gasteiger partial charge on any atom is 0.348 e. The zero-order valence-corrected chi connectivity index (χ0v) is 13.2. The molecular formula is C17H16FN3O3. The first-order valence-corrected chi connectivity index (χ1v) is 7.26. The maximum atomic E-state index is 13.9. The molecule has 0 atom stereocenters. The van der Waals surface area contributed by atoms with Crippen molar-refractivity contribution in [3.63, 3.8) is 0 Å². The Morgan fingerprint density at radius 2 is 1.96 bits per heavy atom. The summed E-state index contributed by atoms with van der Waals surface area (Å²) in [5.41, 5.74) is 0.526. The van der Waals surface area contributed by atoms with Gasteiger partial charge in [-0.1, -0.05) is 18.2 Å². The molecule has 1 N–H and O–H groups in total. The fraction of sp³-hybridized carbons (Fsp3) is 0.176. The number of ether oxygens (including phenoxy) is 2. The number of benzene rings is 2. The average Bonchev–Trinajstić information content (AvgIpc) is 2.96. The summed E-state index contributed by atoms with van der Waals surface area (Å²) < 4.78 is 25.8. The third kappa shape index (κ3) is 2.88. The van der Waals surface area contributed by atoms with Gasteiger partial charge < -0.3 is 9.47 Å². The van der Waals surface area contributed by atoms with Gasteiger partial charge in [-0.3, -0.25) is 0 Å². The predicted molar refractivity (Wildman–Crippen MR) is 86.5 cm³/mol. The smallest absolute Gasteiger partial charge is 0.348 e. The van der Waals surface area contributed by atoms with Crippen LogP contribution in [0.5, 0.6) is 11.5 Å². The van der Waals surface area contributed by atoms with E-state index in [1.807, 2.05) is 0 Å². The fourth-order valence-corrected chi connectivity index (χ4v) is 2.48. The Balaban J connectivity index is 2.08. The molecule has 6 nitrogen and oxygen atoms in total. The van der Waals surface area contributed by atoms with Crippen molar-refractivity contribution in [2.45, 2.75) is 6.42 Å². The van der Waals surface area contributed by atoms with Gasteiger partial charge in [-0.15, -0.1) is 0 Å². The van der Waals surface area contributed by atoms with E-state index in [-0.39, 0.29) is 12.2 Å². The third-order valence-corrected chi connectivity index (χ3v) is 3.68. The second-order valence-electron chi connectivity index (χ2n) is 5.09. The number of hydrogen-bond donors (Lipinski definition) is 1. The van der Waals surface area contributed by atoms with E-state index in [1.54, 1.807) is 43.5 Å². The quantitative estimate of drug-likeness (QED) is 0.780. The van der Waals surface area contributed by atoms with E-state index in [1.165, 1.54) is 17.7 Å². The number of aromatic amines is 1. The van der Waals surface area contributed by atoms with Gasteiger partial charge in [0.05, 0.1) is 19.9 Å². The van der Waals surface area contributed by atoms with E-state index in [0.29, 0.717) is 28.6 Å². The Morgan fingerprint density at radius 1 is 1.17 bits per heavy atom. The number of methoxy groups -OCH3 is 2. The van der Waals surface area contributed by atoms with Gasteiger partial charge >= 0.3 is 5.69 Å². The number of halogens is 1. The SMILES string of the molecule is COc1ccc(-n2c(Cc3ccccc3F)n[nH]c2=O)c(OC)c1. The van der Waals surface area contributed by atoms with Gasteiger partial charge in [0, 0.05) is 12.5 Å². The molecule has 0 bridgehead atoms. The lowest BCUT2D eigenvalue weighted by atomic mass is 10.1. The lowest BCUT2D eigenvalue weighted by Gasteiger charge is -2.12. The van der Waals surface area contributed by atoms with Gasteiger partial charge in [-0.05, 0) is 23.8 Å². The summed E-state index contributed by atoms with van der Waals surface area (Å²) in [5.74, 6) is 1.09. The van der Waals surface area contributed by atoms with Crippen LogP contribution in [0, 0.1) is 5.82 Å². The first-order valence-electron chi connectivity index (χ1n) is 7.26. The third-order valence-electron chi connectivity index (χ3n) is 3.68. The molecule has 1 heterocycles. The van der Waals surface area contributed by atoms with Crippen LogP contribution in [0.4, 0.5) is 4.39 Å². The Morgan fingerprint density at radius 3 is 2.67 bits per heavy atom. The second kappa shape index (κ2) is 6.57. The van der Waals surface area contributed by atoms with Crippen molar-refractivity contribution in [2.24, 2.45) is 0 Å².